The van der Waals surface area contributed by atoms with Crippen molar-refractivity contribution in [3.8, 4) is 0 Å². The molecule has 13 heavy (non-hydrogen) atoms. The summed E-state index contributed by atoms with van der Waals surface area (Å²) in [4.78, 5) is 0. The Morgan fingerprint density at radius 3 is 2.31 bits per heavy atom. The molecule has 1 N–H and O–H groups in total. The van der Waals surface area contributed by atoms with E-state index < -0.39 is 0 Å². The van der Waals surface area contributed by atoms with Crippen LogP contribution in [0.3, 0.4) is 0 Å². The monoisotopic (exact) mass is 177 g/mol. The molecule has 0 saturated carbocycles. The third kappa shape index (κ3) is 3.19. The Hall–Kier alpha value is -0.820. The first-order valence-corrected chi connectivity index (χ1v) is 5.05. The van der Waals surface area contributed by atoms with Crippen molar-refractivity contribution in [2.45, 2.75) is 39.3 Å². The molecule has 1 rings (SSSR count). The van der Waals surface area contributed by atoms with Crippen molar-refractivity contribution < 1.29 is 0 Å². The van der Waals surface area contributed by atoms with Crippen molar-refractivity contribution in [3.05, 3.63) is 35.9 Å². The summed E-state index contributed by atoms with van der Waals surface area (Å²) in [6.07, 6.45) is 1.18. The van der Waals surface area contributed by atoms with Gasteiger partial charge in [-0.05, 0) is 25.8 Å². The van der Waals surface area contributed by atoms with Crippen LogP contribution in [-0.2, 0) is 0 Å². The van der Waals surface area contributed by atoms with Crippen LogP contribution in [0, 0.1) is 0 Å². The minimum atomic E-state index is 0.455. The third-order valence-corrected chi connectivity index (χ3v) is 2.45. The zero-order valence-corrected chi connectivity index (χ0v) is 8.75. The van der Waals surface area contributed by atoms with Crippen LogP contribution >= 0.6 is 0 Å². The standard InChI is InChI=1S/C12H19N/c1-4-10(2)13-11(3)12-8-6-5-7-9-12/h5-11,13H,4H2,1-3H3/t10-,11+/m0/s1. The Bertz CT molecular complexity index is 230. The Morgan fingerprint density at radius 2 is 1.77 bits per heavy atom. The number of hydrogen-bond acceptors (Lipinski definition) is 1. The fraction of sp³-hybridized carbons (Fsp3) is 0.500. The lowest BCUT2D eigenvalue weighted by Gasteiger charge is -2.18. The summed E-state index contributed by atoms with van der Waals surface area (Å²) in [6.45, 7) is 6.64. The van der Waals surface area contributed by atoms with Gasteiger partial charge < -0.3 is 5.32 Å². The average Bonchev–Trinajstić information content (AvgIpc) is 2.19. The Labute approximate surface area is 81.2 Å². The summed E-state index contributed by atoms with van der Waals surface area (Å²) in [5.74, 6) is 0. The second-order valence-corrected chi connectivity index (χ2v) is 3.61. The van der Waals surface area contributed by atoms with Crippen molar-refractivity contribution >= 4 is 0 Å². The third-order valence-electron chi connectivity index (χ3n) is 2.45. The first-order valence-electron chi connectivity index (χ1n) is 5.05. The molecule has 0 radical (unpaired) electrons. The van der Waals surface area contributed by atoms with E-state index in [0.29, 0.717) is 12.1 Å². The highest BCUT2D eigenvalue weighted by Gasteiger charge is 2.06. The summed E-state index contributed by atoms with van der Waals surface area (Å²) in [5, 5.41) is 3.55. The van der Waals surface area contributed by atoms with E-state index >= 15 is 0 Å². The molecule has 0 bridgehead atoms. The van der Waals surface area contributed by atoms with E-state index in [1.165, 1.54) is 12.0 Å². The molecular weight excluding hydrogens is 158 g/mol. The SMILES string of the molecule is CC[C@H](C)N[C@H](C)c1ccccc1. The minimum Gasteiger partial charge on any atom is -0.308 e. The topological polar surface area (TPSA) is 12.0 Å². The summed E-state index contributed by atoms with van der Waals surface area (Å²) in [6, 6.07) is 11.6. The first-order chi connectivity index (χ1) is 6.24. The van der Waals surface area contributed by atoms with E-state index in [0.717, 1.165) is 0 Å². The second-order valence-electron chi connectivity index (χ2n) is 3.61. The zero-order chi connectivity index (χ0) is 9.68. The van der Waals surface area contributed by atoms with Crippen molar-refractivity contribution in [2.24, 2.45) is 0 Å². The smallest absolute Gasteiger partial charge is 0.0294 e. The van der Waals surface area contributed by atoms with Crippen molar-refractivity contribution in [2.75, 3.05) is 0 Å². The molecule has 0 aliphatic heterocycles. The molecule has 0 fully saturated rings. The molecule has 2 atom stereocenters. The van der Waals surface area contributed by atoms with E-state index in [1.807, 2.05) is 0 Å². The molecule has 0 aliphatic rings. The maximum absolute atomic E-state index is 3.55. The number of hydrogen-bond donors (Lipinski definition) is 1. The summed E-state index contributed by atoms with van der Waals surface area (Å²) in [5.41, 5.74) is 1.36. The quantitative estimate of drug-likeness (QED) is 0.745. The highest BCUT2D eigenvalue weighted by molar-refractivity contribution is 5.18. The van der Waals surface area contributed by atoms with Crippen LogP contribution in [0.15, 0.2) is 30.3 Å². The van der Waals surface area contributed by atoms with Gasteiger partial charge in [-0.1, -0.05) is 37.3 Å². The van der Waals surface area contributed by atoms with Gasteiger partial charge in [0.25, 0.3) is 0 Å². The molecule has 0 heterocycles. The average molecular weight is 177 g/mol. The van der Waals surface area contributed by atoms with E-state index in [1.54, 1.807) is 0 Å². The summed E-state index contributed by atoms with van der Waals surface area (Å²) < 4.78 is 0. The van der Waals surface area contributed by atoms with Crippen LogP contribution in [-0.4, -0.2) is 6.04 Å². The van der Waals surface area contributed by atoms with Crippen LogP contribution in [0.1, 0.15) is 38.8 Å². The van der Waals surface area contributed by atoms with Crippen molar-refractivity contribution in [1.82, 2.24) is 5.32 Å². The number of benzene rings is 1. The van der Waals surface area contributed by atoms with Crippen LogP contribution in [0.25, 0.3) is 0 Å². The number of nitrogens with one attached hydrogen (secondary N) is 1. The van der Waals surface area contributed by atoms with Crippen LogP contribution in [0.4, 0.5) is 0 Å². The zero-order valence-electron chi connectivity index (χ0n) is 8.75. The highest BCUT2D eigenvalue weighted by atomic mass is 14.9. The lowest BCUT2D eigenvalue weighted by Crippen LogP contribution is -2.28. The molecule has 0 amide bonds. The van der Waals surface area contributed by atoms with Gasteiger partial charge in [0.1, 0.15) is 0 Å². The van der Waals surface area contributed by atoms with E-state index in [-0.39, 0.29) is 0 Å². The van der Waals surface area contributed by atoms with E-state index in [9.17, 15) is 0 Å². The lowest BCUT2D eigenvalue weighted by molar-refractivity contribution is 0.469. The maximum Gasteiger partial charge on any atom is 0.0294 e. The predicted octanol–water partition coefficient (Wildman–Crippen LogP) is 3.14. The van der Waals surface area contributed by atoms with Gasteiger partial charge in [-0.3, -0.25) is 0 Å². The molecule has 1 aromatic carbocycles. The van der Waals surface area contributed by atoms with Gasteiger partial charge in [-0.25, -0.2) is 0 Å². The second kappa shape index (κ2) is 5.03. The van der Waals surface area contributed by atoms with Crippen LogP contribution < -0.4 is 5.32 Å². The molecule has 1 aromatic rings. The molecule has 1 heteroatoms. The Morgan fingerprint density at radius 1 is 1.15 bits per heavy atom. The molecule has 0 aliphatic carbocycles. The van der Waals surface area contributed by atoms with Gasteiger partial charge in [0.05, 0.1) is 0 Å². The molecule has 1 nitrogen and oxygen atoms in total. The van der Waals surface area contributed by atoms with Gasteiger partial charge in [0, 0.05) is 12.1 Å². The molecule has 72 valence electrons. The minimum absolute atomic E-state index is 0.455. The van der Waals surface area contributed by atoms with Crippen molar-refractivity contribution in [1.29, 1.82) is 0 Å². The first kappa shape index (κ1) is 10.3. The van der Waals surface area contributed by atoms with Gasteiger partial charge in [0.15, 0.2) is 0 Å². The predicted molar refractivity (Wildman–Crippen MR) is 57.7 cm³/mol. The number of rotatable bonds is 4. The largest absolute Gasteiger partial charge is 0.308 e. The molecule has 0 aromatic heterocycles. The summed E-state index contributed by atoms with van der Waals surface area (Å²) in [7, 11) is 0. The lowest BCUT2D eigenvalue weighted by atomic mass is 10.1. The van der Waals surface area contributed by atoms with E-state index in [4.69, 9.17) is 0 Å². The Kier molecular flexibility index (Phi) is 3.97. The van der Waals surface area contributed by atoms with Crippen LogP contribution in [0.5, 0.6) is 0 Å². The summed E-state index contributed by atoms with van der Waals surface area (Å²) >= 11 is 0. The van der Waals surface area contributed by atoms with Gasteiger partial charge in [0.2, 0.25) is 0 Å². The van der Waals surface area contributed by atoms with Gasteiger partial charge in [-0.2, -0.15) is 0 Å². The van der Waals surface area contributed by atoms with Crippen LogP contribution in [0.2, 0.25) is 0 Å². The molecule has 0 spiro atoms. The maximum atomic E-state index is 3.55. The molecule has 0 unspecified atom stereocenters. The highest BCUT2D eigenvalue weighted by Crippen LogP contribution is 2.12. The van der Waals surface area contributed by atoms with Gasteiger partial charge >= 0.3 is 0 Å². The fourth-order valence-corrected chi connectivity index (χ4v) is 1.38. The van der Waals surface area contributed by atoms with Gasteiger partial charge in [-0.15, -0.1) is 0 Å². The molecular formula is C12H19N. The normalized spacial score (nSPS) is 15.3. The fourth-order valence-electron chi connectivity index (χ4n) is 1.38. The van der Waals surface area contributed by atoms with Crippen molar-refractivity contribution in [3.63, 3.8) is 0 Å². The van der Waals surface area contributed by atoms with E-state index in [2.05, 4.69) is 56.4 Å². The molecule has 0 saturated heterocycles. The Balaban J connectivity index is 2.53.